The van der Waals surface area contributed by atoms with Gasteiger partial charge in [-0.2, -0.15) is 0 Å². The highest BCUT2D eigenvalue weighted by Crippen LogP contribution is 2.23. The van der Waals surface area contributed by atoms with Crippen molar-refractivity contribution in [3.8, 4) is 0 Å². The Kier molecular flexibility index (Phi) is 7.99. The lowest BCUT2D eigenvalue weighted by atomic mass is 9.87. The van der Waals surface area contributed by atoms with E-state index >= 15 is 0 Å². The van der Waals surface area contributed by atoms with Crippen molar-refractivity contribution in [2.24, 2.45) is 5.92 Å². The largest absolute Gasteiger partial charge is 0.381 e. The second-order valence-corrected chi connectivity index (χ2v) is 7.14. The molecule has 0 aromatic rings. The molecule has 0 unspecified atom stereocenters. The number of hydrogen-bond donors (Lipinski definition) is 1. The first-order valence-corrected chi connectivity index (χ1v) is 9.45. The Hall–Kier alpha value is -1.14. The van der Waals surface area contributed by atoms with Crippen LogP contribution in [0.3, 0.4) is 0 Å². The van der Waals surface area contributed by atoms with E-state index in [2.05, 4.69) is 17.1 Å². The van der Waals surface area contributed by atoms with Gasteiger partial charge in [0.25, 0.3) is 0 Å². The fourth-order valence-corrected chi connectivity index (χ4v) is 3.66. The van der Waals surface area contributed by atoms with Gasteiger partial charge in [-0.1, -0.05) is 19.8 Å². The number of amides is 2. The Balaban J connectivity index is 1.63. The second-order valence-electron chi connectivity index (χ2n) is 7.14. The number of carbonyl (C=O) groups is 2. The first-order valence-electron chi connectivity index (χ1n) is 9.45. The maximum absolute atomic E-state index is 12.2. The minimum absolute atomic E-state index is 0.130. The number of nitrogens with zero attached hydrogens (tertiary/aromatic N) is 2. The summed E-state index contributed by atoms with van der Waals surface area (Å²) in [7, 11) is 0. The van der Waals surface area contributed by atoms with Gasteiger partial charge in [-0.3, -0.25) is 14.5 Å². The smallest absolute Gasteiger partial charge is 0.234 e. The predicted octanol–water partition coefficient (Wildman–Crippen LogP) is 1.25. The lowest BCUT2D eigenvalue weighted by Gasteiger charge is -2.35. The fourth-order valence-electron chi connectivity index (χ4n) is 3.66. The molecule has 0 aromatic carbocycles. The van der Waals surface area contributed by atoms with Crippen molar-refractivity contribution in [1.29, 1.82) is 0 Å². The number of ether oxygens (including phenoxy) is 1. The van der Waals surface area contributed by atoms with Crippen molar-refractivity contribution < 1.29 is 14.3 Å². The molecule has 2 aliphatic rings. The molecule has 6 nitrogen and oxygen atoms in total. The third-order valence-corrected chi connectivity index (χ3v) is 5.06. The second kappa shape index (κ2) is 9.99. The molecule has 24 heavy (non-hydrogen) atoms. The van der Waals surface area contributed by atoms with Gasteiger partial charge >= 0.3 is 0 Å². The zero-order valence-corrected chi connectivity index (χ0v) is 15.3. The van der Waals surface area contributed by atoms with E-state index in [0.29, 0.717) is 45.3 Å². The molecule has 1 saturated heterocycles. The zero-order valence-electron chi connectivity index (χ0n) is 15.3. The molecular weight excluding hydrogens is 306 g/mol. The molecule has 1 heterocycles. The maximum Gasteiger partial charge on any atom is 0.234 e. The first-order chi connectivity index (χ1) is 11.6. The maximum atomic E-state index is 12.2. The van der Waals surface area contributed by atoms with Crippen LogP contribution in [0.4, 0.5) is 0 Å². The lowest BCUT2D eigenvalue weighted by Crippen LogP contribution is -2.52. The molecule has 1 saturated carbocycles. The molecule has 2 fully saturated rings. The summed E-state index contributed by atoms with van der Waals surface area (Å²) in [5.41, 5.74) is 0. The van der Waals surface area contributed by atoms with Crippen molar-refractivity contribution >= 4 is 11.8 Å². The molecule has 138 valence electrons. The van der Waals surface area contributed by atoms with Crippen molar-refractivity contribution in [1.82, 2.24) is 15.1 Å². The van der Waals surface area contributed by atoms with E-state index in [1.54, 1.807) is 0 Å². The highest BCUT2D eigenvalue weighted by Gasteiger charge is 2.24. The number of hydrogen-bond acceptors (Lipinski definition) is 4. The van der Waals surface area contributed by atoms with Gasteiger partial charge in [-0.15, -0.1) is 0 Å². The summed E-state index contributed by atoms with van der Waals surface area (Å²) >= 11 is 0. The third-order valence-electron chi connectivity index (χ3n) is 5.06. The zero-order chi connectivity index (χ0) is 17.4. The SMILES string of the molecule is CCOCCC(=O)N1CCN(CC(=O)N[C@H]2CCC[C@@H](C)C2)CC1. The summed E-state index contributed by atoms with van der Waals surface area (Å²) in [4.78, 5) is 28.3. The molecule has 1 aliphatic carbocycles. The van der Waals surface area contributed by atoms with E-state index in [4.69, 9.17) is 4.74 Å². The molecule has 2 amide bonds. The van der Waals surface area contributed by atoms with Gasteiger partial charge in [0.1, 0.15) is 0 Å². The van der Waals surface area contributed by atoms with E-state index in [-0.39, 0.29) is 11.8 Å². The third kappa shape index (κ3) is 6.40. The molecule has 1 N–H and O–H groups in total. The number of carbonyl (C=O) groups excluding carboxylic acids is 2. The molecule has 0 bridgehead atoms. The quantitative estimate of drug-likeness (QED) is 0.709. The van der Waals surface area contributed by atoms with Gasteiger partial charge in [-0.05, 0) is 25.7 Å². The van der Waals surface area contributed by atoms with Gasteiger partial charge in [0, 0.05) is 38.8 Å². The van der Waals surface area contributed by atoms with Crippen LogP contribution in [0, 0.1) is 5.92 Å². The van der Waals surface area contributed by atoms with E-state index < -0.39 is 0 Å². The van der Waals surface area contributed by atoms with Crippen LogP contribution < -0.4 is 5.32 Å². The van der Waals surface area contributed by atoms with Crippen molar-refractivity contribution in [2.45, 2.75) is 52.0 Å². The minimum atomic E-state index is 0.130. The Morgan fingerprint density at radius 2 is 1.92 bits per heavy atom. The fraction of sp³-hybridized carbons (Fsp3) is 0.889. The molecule has 0 spiro atoms. The Bertz CT molecular complexity index is 408. The van der Waals surface area contributed by atoms with Crippen LogP contribution in [0.1, 0.15) is 46.0 Å². The predicted molar refractivity (Wildman–Crippen MR) is 93.7 cm³/mol. The van der Waals surface area contributed by atoms with E-state index in [0.717, 1.165) is 31.8 Å². The lowest BCUT2D eigenvalue weighted by molar-refractivity contribution is -0.134. The molecule has 0 radical (unpaired) electrons. The van der Waals surface area contributed by atoms with E-state index in [1.165, 1.54) is 12.8 Å². The normalized spacial score (nSPS) is 25.5. The topological polar surface area (TPSA) is 61.9 Å². The molecule has 1 aliphatic heterocycles. The van der Waals surface area contributed by atoms with Crippen LogP contribution in [0.15, 0.2) is 0 Å². The van der Waals surface area contributed by atoms with E-state index in [1.807, 2.05) is 11.8 Å². The number of nitrogens with one attached hydrogen (secondary N) is 1. The Morgan fingerprint density at radius 3 is 2.58 bits per heavy atom. The van der Waals surface area contributed by atoms with Crippen LogP contribution in [0.2, 0.25) is 0 Å². The molecule has 6 heteroatoms. The summed E-state index contributed by atoms with van der Waals surface area (Å²) in [5, 5.41) is 3.19. The van der Waals surface area contributed by atoms with Gasteiger partial charge in [-0.25, -0.2) is 0 Å². The molecule has 0 aromatic heterocycles. The Labute approximate surface area is 145 Å². The van der Waals surface area contributed by atoms with Crippen LogP contribution in [-0.2, 0) is 14.3 Å². The Morgan fingerprint density at radius 1 is 1.17 bits per heavy atom. The summed E-state index contributed by atoms with van der Waals surface area (Å²) in [5.74, 6) is 1.00. The van der Waals surface area contributed by atoms with Crippen LogP contribution >= 0.6 is 0 Å². The number of rotatable bonds is 7. The molecular formula is C18H33N3O3. The highest BCUT2D eigenvalue weighted by molar-refractivity contribution is 5.78. The minimum Gasteiger partial charge on any atom is -0.381 e. The molecule has 2 atom stereocenters. The van der Waals surface area contributed by atoms with Crippen molar-refractivity contribution in [3.05, 3.63) is 0 Å². The highest BCUT2D eigenvalue weighted by atomic mass is 16.5. The average molecular weight is 339 g/mol. The van der Waals surface area contributed by atoms with Gasteiger partial charge < -0.3 is 15.0 Å². The summed E-state index contributed by atoms with van der Waals surface area (Å²) in [6.45, 7) is 8.75. The van der Waals surface area contributed by atoms with Gasteiger partial charge in [0.2, 0.25) is 11.8 Å². The van der Waals surface area contributed by atoms with Crippen molar-refractivity contribution in [3.63, 3.8) is 0 Å². The van der Waals surface area contributed by atoms with Gasteiger partial charge in [0.05, 0.1) is 19.6 Å². The monoisotopic (exact) mass is 339 g/mol. The van der Waals surface area contributed by atoms with Crippen molar-refractivity contribution in [2.75, 3.05) is 45.9 Å². The van der Waals surface area contributed by atoms with Crippen LogP contribution in [0.25, 0.3) is 0 Å². The van der Waals surface area contributed by atoms with Crippen LogP contribution in [-0.4, -0.2) is 73.6 Å². The van der Waals surface area contributed by atoms with Crippen LogP contribution in [0.5, 0.6) is 0 Å². The molecule has 2 rings (SSSR count). The number of piperazine rings is 1. The summed E-state index contributed by atoms with van der Waals surface area (Å²) < 4.78 is 5.24. The van der Waals surface area contributed by atoms with E-state index in [9.17, 15) is 9.59 Å². The standard InChI is InChI=1S/C18H33N3O3/c1-3-24-12-7-18(23)21-10-8-20(9-11-21)14-17(22)19-16-6-4-5-15(2)13-16/h15-16H,3-14H2,1-2H3,(H,19,22)/t15-,16+/m1/s1. The summed E-state index contributed by atoms with van der Waals surface area (Å²) in [6, 6.07) is 0.350. The average Bonchev–Trinajstić information content (AvgIpc) is 2.55. The summed E-state index contributed by atoms with van der Waals surface area (Å²) in [6.07, 6.45) is 5.17. The first kappa shape index (κ1) is 19.2. The van der Waals surface area contributed by atoms with Gasteiger partial charge in [0.15, 0.2) is 0 Å².